The molecule has 0 saturated carbocycles. The van der Waals surface area contributed by atoms with Crippen molar-refractivity contribution in [3.63, 3.8) is 0 Å². The van der Waals surface area contributed by atoms with E-state index in [0.29, 0.717) is 17.8 Å². The Kier molecular flexibility index (Phi) is 3.68. The van der Waals surface area contributed by atoms with E-state index in [0.717, 1.165) is 9.48 Å². The minimum Gasteiger partial charge on any atom is -0.314 e. The molecule has 2 nitrogen and oxygen atoms in total. The summed E-state index contributed by atoms with van der Waals surface area (Å²) in [5.41, 5.74) is 1.22. The predicted octanol–water partition coefficient (Wildman–Crippen LogP) is 3.43. The third-order valence-electron chi connectivity index (χ3n) is 2.08. The lowest BCUT2D eigenvalue weighted by atomic mass is 10.1. The maximum atomic E-state index is 13.6. The summed E-state index contributed by atoms with van der Waals surface area (Å²) >= 11 is 4.86. The van der Waals surface area contributed by atoms with Gasteiger partial charge < -0.3 is 5.32 Å². The van der Waals surface area contributed by atoms with Crippen LogP contribution in [-0.4, -0.2) is 12.0 Å². The van der Waals surface area contributed by atoms with E-state index in [1.165, 1.54) is 17.4 Å². The van der Waals surface area contributed by atoms with Crippen LogP contribution < -0.4 is 5.32 Å². The second-order valence-electron chi connectivity index (χ2n) is 3.28. The Hall–Kier alpha value is -0.780. The summed E-state index contributed by atoms with van der Waals surface area (Å²) in [5.74, 6) is -0.246. The summed E-state index contributed by atoms with van der Waals surface area (Å²) in [7, 11) is 1.86. The second kappa shape index (κ2) is 5.03. The van der Waals surface area contributed by atoms with Crippen molar-refractivity contribution in [2.75, 3.05) is 7.05 Å². The first-order valence-corrected chi connectivity index (χ1v) is 6.42. The lowest BCUT2D eigenvalue weighted by molar-refractivity contribution is 0.630. The van der Waals surface area contributed by atoms with Gasteiger partial charge in [-0.05, 0) is 25.2 Å². The molecule has 0 bridgehead atoms. The summed E-state index contributed by atoms with van der Waals surface area (Å²) in [6, 6.07) is 4.86. The van der Waals surface area contributed by atoms with Crippen molar-refractivity contribution in [3.8, 4) is 11.3 Å². The number of halogens is 2. The molecule has 16 heavy (non-hydrogen) atoms. The zero-order chi connectivity index (χ0) is 11.5. The van der Waals surface area contributed by atoms with Crippen molar-refractivity contribution in [1.82, 2.24) is 10.3 Å². The molecule has 0 radical (unpaired) electrons. The van der Waals surface area contributed by atoms with Gasteiger partial charge in [-0.3, -0.25) is 0 Å². The van der Waals surface area contributed by atoms with Crippen molar-refractivity contribution < 1.29 is 4.39 Å². The molecule has 1 aromatic heterocycles. The molecular weight excluding hydrogens is 291 g/mol. The fourth-order valence-corrected chi connectivity index (χ4v) is 2.53. The van der Waals surface area contributed by atoms with Gasteiger partial charge in [-0.15, -0.1) is 11.3 Å². The summed E-state index contributed by atoms with van der Waals surface area (Å²) in [5, 5.41) is 5.85. The molecule has 2 rings (SSSR count). The highest BCUT2D eigenvalue weighted by molar-refractivity contribution is 9.10. The van der Waals surface area contributed by atoms with Crippen LogP contribution in [0.4, 0.5) is 4.39 Å². The van der Waals surface area contributed by atoms with Gasteiger partial charge in [-0.2, -0.15) is 0 Å². The molecule has 0 spiro atoms. The quantitative estimate of drug-likeness (QED) is 0.939. The number of hydrogen-bond acceptors (Lipinski definition) is 3. The topological polar surface area (TPSA) is 24.9 Å². The lowest BCUT2D eigenvalue weighted by Crippen LogP contribution is -2.04. The fourth-order valence-electron chi connectivity index (χ4n) is 1.36. The highest BCUT2D eigenvalue weighted by Crippen LogP contribution is 2.27. The number of benzene rings is 1. The van der Waals surface area contributed by atoms with Gasteiger partial charge in [0.05, 0.1) is 5.69 Å². The largest absolute Gasteiger partial charge is 0.314 e. The molecule has 0 aliphatic heterocycles. The zero-order valence-corrected chi connectivity index (χ0v) is 11.0. The predicted molar refractivity (Wildman–Crippen MR) is 68.0 cm³/mol. The Morgan fingerprint density at radius 1 is 1.50 bits per heavy atom. The molecule has 0 aliphatic rings. The van der Waals surface area contributed by atoms with Gasteiger partial charge in [0, 0.05) is 22.0 Å². The molecule has 0 unspecified atom stereocenters. The average Bonchev–Trinajstić information content (AvgIpc) is 2.71. The summed E-state index contributed by atoms with van der Waals surface area (Å²) in [6.45, 7) is 0.709. The van der Waals surface area contributed by atoms with Crippen LogP contribution in [0.2, 0.25) is 0 Å². The van der Waals surface area contributed by atoms with Crippen molar-refractivity contribution >= 4 is 27.3 Å². The van der Waals surface area contributed by atoms with E-state index < -0.39 is 0 Å². The third-order valence-corrected chi connectivity index (χ3v) is 3.43. The van der Waals surface area contributed by atoms with Crippen LogP contribution >= 0.6 is 27.3 Å². The molecule has 1 aromatic carbocycles. The normalized spacial score (nSPS) is 10.7. The minimum atomic E-state index is -0.246. The number of hydrogen-bond donors (Lipinski definition) is 1. The second-order valence-corrected chi connectivity index (χ2v) is 5.14. The van der Waals surface area contributed by atoms with Gasteiger partial charge in [0.25, 0.3) is 0 Å². The van der Waals surface area contributed by atoms with Gasteiger partial charge in [0.15, 0.2) is 0 Å². The van der Waals surface area contributed by atoms with Gasteiger partial charge in [0.2, 0.25) is 0 Å². The van der Waals surface area contributed by atoms with Gasteiger partial charge in [-0.1, -0.05) is 15.9 Å². The van der Waals surface area contributed by atoms with E-state index in [4.69, 9.17) is 0 Å². The van der Waals surface area contributed by atoms with E-state index >= 15 is 0 Å². The third kappa shape index (κ3) is 2.48. The lowest BCUT2D eigenvalue weighted by Gasteiger charge is -2.00. The Labute approximate surface area is 106 Å². The van der Waals surface area contributed by atoms with Crippen molar-refractivity contribution in [3.05, 3.63) is 38.9 Å². The van der Waals surface area contributed by atoms with Gasteiger partial charge >= 0.3 is 0 Å². The van der Waals surface area contributed by atoms with Gasteiger partial charge in [0.1, 0.15) is 10.8 Å². The number of rotatable bonds is 3. The molecule has 1 heterocycles. The van der Waals surface area contributed by atoms with Crippen LogP contribution in [0.1, 0.15) is 5.01 Å². The first kappa shape index (κ1) is 11.7. The van der Waals surface area contributed by atoms with Crippen LogP contribution in [-0.2, 0) is 6.54 Å². The highest BCUT2D eigenvalue weighted by Gasteiger charge is 2.09. The number of thiazole rings is 1. The molecule has 0 fully saturated rings. The van der Waals surface area contributed by atoms with Crippen LogP contribution in [0.3, 0.4) is 0 Å². The Balaban J connectivity index is 2.38. The number of nitrogens with zero attached hydrogens (tertiary/aromatic N) is 1. The van der Waals surface area contributed by atoms with Crippen molar-refractivity contribution in [1.29, 1.82) is 0 Å². The number of aromatic nitrogens is 1. The van der Waals surface area contributed by atoms with Crippen LogP contribution in [0, 0.1) is 5.82 Å². The minimum absolute atomic E-state index is 0.246. The van der Waals surface area contributed by atoms with Crippen molar-refractivity contribution in [2.45, 2.75) is 6.54 Å². The maximum absolute atomic E-state index is 13.6. The average molecular weight is 301 g/mol. The van der Waals surface area contributed by atoms with E-state index in [-0.39, 0.29) is 5.82 Å². The maximum Gasteiger partial charge on any atom is 0.132 e. The number of nitrogens with one attached hydrogen (secondary N) is 1. The van der Waals surface area contributed by atoms with E-state index in [9.17, 15) is 4.39 Å². The SMILES string of the molecule is CNCc1nc(-c2cc(Br)ccc2F)cs1. The smallest absolute Gasteiger partial charge is 0.132 e. The standard InChI is InChI=1S/C11H10BrFN2S/c1-14-5-11-15-10(6-16-11)8-4-7(12)2-3-9(8)13/h2-4,6,14H,5H2,1H3. The van der Waals surface area contributed by atoms with E-state index in [2.05, 4.69) is 26.2 Å². The van der Waals surface area contributed by atoms with Crippen LogP contribution in [0.15, 0.2) is 28.1 Å². The Morgan fingerprint density at radius 2 is 2.31 bits per heavy atom. The van der Waals surface area contributed by atoms with Crippen LogP contribution in [0.25, 0.3) is 11.3 Å². The fraction of sp³-hybridized carbons (Fsp3) is 0.182. The van der Waals surface area contributed by atoms with E-state index in [1.54, 1.807) is 12.1 Å². The molecule has 84 valence electrons. The first-order valence-electron chi connectivity index (χ1n) is 4.75. The Bertz CT molecular complexity index is 498. The first-order chi connectivity index (χ1) is 7.70. The molecule has 0 saturated heterocycles. The molecule has 5 heteroatoms. The molecule has 0 amide bonds. The molecule has 1 N–H and O–H groups in total. The Morgan fingerprint density at radius 3 is 3.06 bits per heavy atom. The van der Waals surface area contributed by atoms with Crippen LogP contribution in [0.5, 0.6) is 0 Å². The zero-order valence-electron chi connectivity index (χ0n) is 8.63. The monoisotopic (exact) mass is 300 g/mol. The molecule has 0 atom stereocenters. The summed E-state index contributed by atoms with van der Waals surface area (Å²) in [4.78, 5) is 4.37. The molecule has 2 aromatic rings. The molecular formula is C11H10BrFN2S. The van der Waals surface area contributed by atoms with E-state index in [1.807, 2.05) is 12.4 Å². The highest BCUT2D eigenvalue weighted by atomic mass is 79.9. The summed E-state index contributed by atoms with van der Waals surface area (Å²) < 4.78 is 14.4. The molecule has 0 aliphatic carbocycles. The summed E-state index contributed by atoms with van der Waals surface area (Å²) in [6.07, 6.45) is 0. The van der Waals surface area contributed by atoms with Gasteiger partial charge in [-0.25, -0.2) is 9.37 Å². The van der Waals surface area contributed by atoms with Crippen molar-refractivity contribution in [2.24, 2.45) is 0 Å².